The predicted octanol–water partition coefficient (Wildman–Crippen LogP) is 4.62. The average molecular weight is 458 g/mol. The van der Waals surface area contributed by atoms with Crippen molar-refractivity contribution in [2.75, 3.05) is 0 Å². The Kier molecular flexibility index (Phi) is 5.37. The minimum absolute atomic E-state index is 0.0608. The molecule has 1 aromatic heterocycles. The lowest BCUT2D eigenvalue weighted by atomic mass is 9.90. The monoisotopic (exact) mass is 457 g/mol. The van der Waals surface area contributed by atoms with Gasteiger partial charge in [0.1, 0.15) is 17.5 Å². The smallest absolute Gasteiger partial charge is 0.257 e. The number of benzene rings is 2. The van der Waals surface area contributed by atoms with Crippen molar-refractivity contribution in [3.8, 4) is 0 Å². The lowest BCUT2D eigenvalue weighted by Gasteiger charge is -2.17. The molecule has 0 radical (unpaired) electrons. The van der Waals surface area contributed by atoms with Gasteiger partial charge in [-0.25, -0.2) is 26.9 Å². The Bertz CT molecular complexity index is 1130. The molecule has 10 heteroatoms. The number of aromatic amines is 1. The number of hydrogen-bond acceptors (Lipinski definition) is 3. The number of imidazole rings is 1. The van der Waals surface area contributed by atoms with E-state index in [0.717, 1.165) is 12.8 Å². The largest absolute Gasteiger partial charge is 0.331 e. The molecule has 5 nitrogen and oxygen atoms in total. The quantitative estimate of drug-likeness (QED) is 0.567. The Labute approximate surface area is 176 Å². The first kappa shape index (κ1) is 20.3. The van der Waals surface area contributed by atoms with Gasteiger partial charge in [0, 0.05) is 6.04 Å². The fourth-order valence-corrected chi connectivity index (χ4v) is 4.59. The second-order valence-corrected chi connectivity index (χ2v) is 9.31. The number of sulfonamides is 1. The van der Waals surface area contributed by atoms with Gasteiger partial charge >= 0.3 is 0 Å². The zero-order valence-electron chi connectivity index (χ0n) is 14.8. The summed E-state index contributed by atoms with van der Waals surface area (Å²) in [7, 11) is -3.74. The van der Waals surface area contributed by atoms with Crippen molar-refractivity contribution in [3.63, 3.8) is 0 Å². The van der Waals surface area contributed by atoms with Crippen molar-refractivity contribution in [3.05, 3.63) is 81.2 Å². The van der Waals surface area contributed by atoms with Gasteiger partial charge in [-0.1, -0.05) is 35.3 Å². The van der Waals surface area contributed by atoms with E-state index in [0.29, 0.717) is 11.1 Å². The summed E-state index contributed by atoms with van der Waals surface area (Å²) in [4.78, 5) is 7.04. The Morgan fingerprint density at radius 2 is 1.59 bits per heavy atom. The van der Waals surface area contributed by atoms with Crippen LogP contribution in [0.4, 0.5) is 8.78 Å². The number of nitrogens with zero attached hydrogens (tertiary/aromatic N) is 1. The summed E-state index contributed by atoms with van der Waals surface area (Å²) in [5.41, 5.74) is 1.07. The maximum absolute atomic E-state index is 13.7. The van der Waals surface area contributed by atoms with E-state index in [-0.39, 0.29) is 26.9 Å². The number of aromatic nitrogens is 2. The van der Waals surface area contributed by atoms with Crippen molar-refractivity contribution >= 4 is 33.2 Å². The first-order chi connectivity index (χ1) is 13.7. The van der Waals surface area contributed by atoms with Crippen LogP contribution >= 0.6 is 23.2 Å². The molecule has 0 saturated heterocycles. The highest BCUT2D eigenvalue weighted by molar-refractivity contribution is 7.89. The van der Waals surface area contributed by atoms with Gasteiger partial charge in [-0.3, -0.25) is 0 Å². The molecule has 152 valence electrons. The van der Waals surface area contributed by atoms with Crippen molar-refractivity contribution in [1.82, 2.24) is 14.7 Å². The fourth-order valence-electron chi connectivity index (χ4n) is 2.98. The number of nitrogens with one attached hydrogen (secondary N) is 2. The highest BCUT2D eigenvalue weighted by Crippen LogP contribution is 2.34. The standard InChI is InChI=1S/C19H15Cl2F2N3O2S/c20-13-7-10(1-5-15(13)22)18(11-2-6-16(23)14(21)8-11)19-24-9-17(25-19)29(27,28)26-12-3-4-12/h1-2,5-9,12,18,26H,3-4H2,(H,24,25). The Morgan fingerprint density at radius 3 is 2.07 bits per heavy atom. The SMILES string of the molecule is O=S(=O)(NC1CC1)c1cnc(C(c2ccc(F)c(Cl)c2)c2ccc(F)c(Cl)c2)[nH]1. The highest BCUT2D eigenvalue weighted by atomic mass is 35.5. The first-order valence-electron chi connectivity index (χ1n) is 8.72. The van der Waals surface area contributed by atoms with Crippen LogP contribution in [0.1, 0.15) is 35.7 Å². The topological polar surface area (TPSA) is 74.8 Å². The number of halogens is 4. The molecule has 1 aliphatic carbocycles. The third-order valence-electron chi connectivity index (χ3n) is 4.59. The summed E-state index contributed by atoms with van der Waals surface area (Å²) >= 11 is 11.9. The summed E-state index contributed by atoms with van der Waals surface area (Å²) in [6.45, 7) is 0. The van der Waals surface area contributed by atoms with E-state index < -0.39 is 27.6 Å². The van der Waals surface area contributed by atoms with Crippen LogP contribution in [0, 0.1) is 11.6 Å². The van der Waals surface area contributed by atoms with Crippen molar-refractivity contribution < 1.29 is 17.2 Å². The van der Waals surface area contributed by atoms with Gasteiger partial charge in [0.05, 0.1) is 22.2 Å². The predicted molar refractivity (Wildman–Crippen MR) is 106 cm³/mol. The lowest BCUT2D eigenvalue weighted by molar-refractivity contribution is 0.577. The van der Waals surface area contributed by atoms with E-state index in [4.69, 9.17) is 23.2 Å². The maximum Gasteiger partial charge on any atom is 0.257 e. The summed E-state index contributed by atoms with van der Waals surface area (Å²) in [5, 5.41) is -0.295. The molecule has 4 rings (SSSR count). The maximum atomic E-state index is 13.7. The van der Waals surface area contributed by atoms with Gasteiger partial charge in [-0.05, 0) is 48.2 Å². The van der Waals surface area contributed by atoms with Gasteiger partial charge in [0.15, 0.2) is 5.03 Å². The van der Waals surface area contributed by atoms with E-state index in [1.165, 1.54) is 42.6 Å². The van der Waals surface area contributed by atoms with Crippen molar-refractivity contribution in [1.29, 1.82) is 0 Å². The molecule has 1 saturated carbocycles. The molecule has 1 fully saturated rings. The average Bonchev–Trinajstić information content (AvgIpc) is 3.32. The molecule has 3 aromatic rings. The molecule has 29 heavy (non-hydrogen) atoms. The van der Waals surface area contributed by atoms with Crippen LogP contribution in [0.25, 0.3) is 0 Å². The van der Waals surface area contributed by atoms with Gasteiger partial charge in [0.2, 0.25) is 0 Å². The Morgan fingerprint density at radius 1 is 1.03 bits per heavy atom. The zero-order valence-corrected chi connectivity index (χ0v) is 17.1. The fraction of sp³-hybridized carbons (Fsp3) is 0.211. The summed E-state index contributed by atoms with van der Waals surface area (Å²) in [5.74, 6) is -1.59. The molecule has 2 aromatic carbocycles. The molecular formula is C19H15Cl2F2N3O2S. The summed E-state index contributed by atoms with van der Waals surface area (Å²) in [6.07, 6.45) is 2.80. The second kappa shape index (κ2) is 7.68. The zero-order chi connectivity index (χ0) is 20.8. The van der Waals surface area contributed by atoms with E-state index >= 15 is 0 Å². The van der Waals surface area contributed by atoms with Crippen LogP contribution in [0.3, 0.4) is 0 Å². The van der Waals surface area contributed by atoms with Crippen LogP contribution in [0.2, 0.25) is 10.0 Å². The van der Waals surface area contributed by atoms with Gasteiger partial charge in [-0.2, -0.15) is 0 Å². The van der Waals surface area contributed by atoms with Crippen molar-refractivity contribution in [2.45, 2.75) is 29.8 Å². The van der Waals surface area contributed by atoms with Gasteiger partial charge < -0.3 is 4.98 Å². The second-order valence-electron chi connectivity index (χ2n) is 6.81. The van der Waals surface area contributed by atoms with Crippen molar-refractivity contribution in [2.24, 2.45) is 0 Å². The van der Waals surface area contributed by atoms with E-state index in [9.17, 15) is 17.2 Å². The summed E-state index contributed by atoms with van der Waals surface area (Å²) < 4.78 is 54.8. The van der Waals surface area contributed by atoms with Crippen LogP contribution in [0.5, 0.6) is 0 Å². The normalized spacial score (nSPS) is 14.5. The van der Waals surface area contributed by atoms with Gasteiger partial charge in [-0.15, -0.1) is 0 Å². The third-order valence-corrected chi connectivity index (χ3v) is 6.60. The Balaban J connectivity index is 1.80. The molecule has 0 unspecified atom stereocenters. The lowest BCUT2D eigenvalue weighted by Crippen LogP contribution is -2.26. The third kappa shape index (κ3) is 4.30. The molecule has 1 aliphatic rings. The molecule has 0 aliphatic heterocycles. The molecule has 0 spiro atoms. The first-order valence-corrected chi connectivity index (χ1v) is 11.0. The highest BCUT2D eigenvalue weighted by Gasteiger charge is 2.30. The summed E-state index contributed by atoms with van der Waals surface area (Å²) in [6, 6.07) is 8.17. The minimum Gasteiger partial charge on any atom is -0.331 e. The van der Waals surface area contributed by atoms with Crippen LogP contribution in [-0.2, 0) is 10.0 Å². The minimum atomic E-state index is -3.74. The van der Waals surface area contributed by atoms with Gasteiger partial charge in [0.25, 0.3) is 10.0 Å². The molecule has 2 N–H and O–H groups in total. The molecule has 0 bridgehead atoms. The number of hydrogen-bond donors (Lipinski definition) is 2. The van der Waals surface area contributed by atoms with E-state index in [2.05, 4.69) is 14.7 Å². The van der Waals surface area contributed by atoms with E-state index in [1.807, 2.05) is 0 Å². The van der Waals surface area contributed by atoms with Crippen LogP contribution < -0.4 is 4.72 Å². The van der Waals surface area contributed by atoms with Crippen LogP contribution in [0.15, 0.2) is 47.6 Å². The molecular weight excluding hydrogens is 443 g/mol. The Hall–Kier alpha value is -2.00. The van der Waals surface area contributed by atoms with Crippen LogP contribution in [-0.4, -0.2) is 24.4 Å². The molecule has 1 heterocycles. The van der Waals surface area contributed by atoms with E-state index in [1.54, 1.807) is 0 Å². The molecule has 0 atom stereocenters. The number of H-pyrrole nitrogens is 1. The number of rotatable bonds is 6. The molecule has 0 amide bonds.